The molecular weight excluding hydrogens is 430 g/mol. The van der Waals surface area contributed by atoms with Gasteiger partial charge in [0.1, 0.15) is 6.10 Å². The molecule has 2 saturated heterocycles. The van der Waals surface area contributed by atoms with E-state index in [1.165, 1.54) is 17.5 Å². The van der Waals surface area contributed by atoms with Crippen molar-refractivity contribution in [3.8, 4) is 0 Å². The second-order valence-electron chi connectivity index (χ2n) is 10.8. The first-order chi connectivity index (χ1) is 16.7. The van der Waals surface area contributed by atoms with Crippen LogP contribution in [-0.4, -0.2) is 70.4 Å². The second kappa shape index (κ2) is 9.04. The van der Waals surface area contributed by atoms with Gasteiger partial charge in [-0.05, 0) is 73.8 Å². The zero-order valence-electron chi connectivity index (χ0n) is 20.0. The van der Waals surface area contributed by atoms with Gasteiger partial charge in [-0.3, -0.25) is 4.79 Å². The number of amides is 1. The maximum atomic E-state index is 12.7. The van der Waals surface area contributed by atoms with Gasteiger partial charge in [-0.1, -0.05) is 29.5 Å². The number of hydrogen-bond acceptors (Lipinski definition) is 6. The van der Waals surface area contributed by atoms with Crippen molar-refractivity contribution < 1.29 is 14.3 Å². The van der Waals surface area contributed by atoms with Crippen LogP contribution in [0.3, 0.4) is 0 Å². The molecule has 0 bridgehead atoms. The number of carbonyl (C=O) groups is 1. The standard InChI is InChI=1S/C26H35N5O3/c1-33-23-15-19(24-27-29-30-28-24)8-9-20(23)17-4-6-18(7-5-17)21-16-26(21)10-12-31(13-11-26)25(32)22-3-2-14-34-22/h4-7,19-23H,2-3,8-16H2,1H3,(H,27,28,29,30)/t19?,20?,21-,22?,23?/m1/s1. The monoisotopic (exact) mass is 465 g/mol. The fourth-order valence-electron chi connectivity index (χ4n) is 6.84. The normalized spacial score (nSPS) is 32.7. The number of nitrogens with one attached hydrogen (secondary N) is 1. The van der Waals surface area contributed by atoms with Gasteiger partial charge < -0.3 is 14.4 Å². The fourth-order valence-corrected chi connectivity index (χ4v) is 6.84. The number of aromatic amines is 1. The number of H-pyrrole nitrogens is 1. The Morgan fingerprint density at radius 3 is 2.62 bits per heavy atom. The molecule has 1 aromatic heterocycles. The summed E-state index contributed by atoms with van der Waals surface area (Å²) in [5, 5.41) is 14.7. The van der Waals surface area contributed by atoms with Crippen molar-refractivity contribution in [2.45, 2.75) is 81.3 Å². The summed E-state index contributed by atoms with van der Waals surface area (Å²) in [6.07, 6.45) is 8.41. The Balaban J connectivity index is 1.06. The Morgan fingerprint density at radius 1 is 1.15 bits per heavy atom. The van der Waals surface area contributed by atoms with Crippen LogP contribution in [0.4, 0.5) is 0 Å². The smallest absolute Gasteiger partial charge is 0.251 e. The lowest BCUT2D eigenvalue weighted by atomic mass is 9.76. The summed E-state index contributed by atoms with van der Waals surface area (Å²) in [6.45, 7) is 2.50. The molecule has 1 amide bonds. The van der Waals surface area contributed by atoms with Gasteiger partial charge in [-0.25, -0.2) is 0 Å². The molecule has 4 unspecified atom stereocenters. The predicted molar refractivity (Wildman–Crippen MR) is 125 cm³/mol. The van der Waals surface area contributed by atoms with Crippen LogP contribution in [0.5, 0.6) is 0 Å². The van der Waals surface area contributed by atoms with Crippen molar-refractivity contribution in [2.24, 2.45) is 5.41 Å². The summed E-state index contributed by atoms with van der Waals surface area (Å²) in [7, 11) is 1.81. The van der Waals surface area contributed by atoms with E-state index in [0.717, 1.165) is 70.5 Å². The van der Waals surface area contributed by atoms with E-state index in [1.807, 2.05) is 7.11 Å². The van der Waals surface area contributed by atoms with E-state index in [4.69, 9.17) is 9.47 Å². The van der Waals surface area contributed by atoms with Crippen molar-refractivity contribution in [3.05, 3.63) is 41.2 Å². The van der Waals surface area contributed by atoms with Crippen molar-refractivity contribution in [1.29, 1.82) is 0 Å². The maximum absolute atomic E-state index is 12.7. The van der Waals surface area contributed by atoms with Gasteiger partial charge in [-0.2, -0.15) is 5.21 Å². The van der Waals surface area contributed by atoms with Gasteiger partial charge in [0, 0.05) is 38.6 Å². The summed E-state index contributed by atoms with van der Waals surface area (Å²) >= 11 is 0. The first-order valence-corrected chi connectivity index (χ1v) is 12.9. The molecule has 182 valence electrons. The molecule has 2 aromatic rings. The zero-order chi connectivity index (χ0) is 23.1. The largest absolute Gasteiger partial charge is 0.381 e. The van der Waals surface area contributed by atoms with Gasteiger partial charge in [0.15, 0.2) is 5.82 Å². The van der Waals surface area contributed by atoms with Crippen molar-refractivity contribution >= 4 is 5.91 Å². The number of aromatic nitrogens is 4. The highest BCUT2D eigenvalue weighted by Gasteiger charge is 2.55. The SMILES string of the molecule is COC1CC(c2nn[nH]n2)CCC1c1ccc([C@H]2CC23CCN(C(=O)C2CCCO2)CC3)cc1. The van der Waals surface area contributed by atoms with Gasteiger partial charge in [0.2, 0.25) is 0 Å². The predicted octanol–water partition coefficient (Wildman–Crippen LogP) is 3.54. The van der Waals surface area contributed by atoms with E-state index in [-0.39, 0.29) is 18.1 Å². The van der Waals surface area contributed by atoms with Crippen LogP contribution in [0.1, 0.15) is 86.1 Å². The molecule has 4 aliphatic rings. The van der Waals surface area contributed by atoms with Crippen LogP contribution in [-0.2, 0) is 14.3 Å². The lowest BCUT2D eigenvalue weighted by molar-refractivity contribution is -0.142. The van der Waals surface area contributed by atoms with E-state index >= 15 is 0 Å². The van der Waals surface area contributed by atoms with E-state index in [9.17, 15) is 4.79 Å². The number of ether oxygens (including phenoxy) is 2. The molecule has 34 heavy (non-hydrogen) atoms. The van der Waals surface area contributed by atoms with Crippen molar-refractivity contribution in [2.75, 3.05) is 26.8 Å². The quantitative estimate of drug-likeness (QED) is 0.726. The molecule has 6 rings (SSSR count). The van der Waals surface area contributed by atoms with E-state index in [2.05, 4.69) is 49.8 Å². The highest BCUT2D eigenvalue weighted by Crippen LogP contribution is 2.65. The molecule has 3 heterocycles. The number of likely N-dealkylation sites (tertiary alicyclic amines) is 1. The van der Waals surface area contributed by atoms with Crippen LogP contribution in [0.25, 0.3) is 0 Å². The summed E-state index contributed by atoms with van der Waals surface area (Å²) < 4.78 is 11.5. The number of nitrogens with zero attached hydrogens (tertiary/aromatic N) is 4. The van der Waals surface area contributed by atoms with Crippen molar-refractivity contribution in [1.82, 2.24) is 25.5 Å². The van der Waals surface area contributed by atoms with Crippen molar-refractivity contribution in [3.63, 3.8) is 0 Å². The fraction of sp³-hybridized carbons (Fsp3) is 0.692. The minimum Gasteiger partial charge on any atom is -0.381 e. The molecule has 0 radical (unpaired) electrons. The van der Waals surface area contributed by atoms with Crippen LogP contribution in [0.2, 0.25) is 0 Å². The Morgan fingerprint density at radius 2 is 1.94 bits per heavy atom. The Kier molecular flexibility index (Phi) is 5.89. The lowest BCUT2D eigenvalue weighted by Crippen LogP contribution is -2.44. The maximum Gasteiger partial charge on any atom is 0.251 e. The van der Waals surface area contributed by atoms with Gasteiger partial charge in [0.05, 0.1) is 6.10 Å². The molecule has 2 aliphatic carbocycles. The lowest BCUT2D eigenvalue weighted by Gasteiger charge is -2.35. The number of piperidine rings is 1. The molecule has 1 spiro atoms. The third-order valence-electron chi connectivity index (χ3n) is 9.05. The third kappa shape index (κ3) is 4.05. The second-order valence-corrected chi connectivity index (χ2v) is 10.8. The molecule has 1 N–H and O–H groups in total. The minimum absolute atomic E-state index is 0.168. The first-order valence-electron chi connectivity index (χ1n) is 12.9. The summed E-state index contributed by atoms with van der Waals surface area (Å²) in [5.41, 5.74) is 3.22. The van der Waals surface area contributed by atoms with Gasteiger partial charge >= 0.3 is 0 Å². The Labute approximate surface area is 200 Å². The minimum atomic E-state index is -0.185. The number of hydrogen-bond donors (Lipinski definition) is 1. The zero-order valence-corrected chi connectivity index (χ0v) is 20.0. The average Bonchev–Trinajstić information content (AvgIpc) is 3.31. The first kappa shape index (κ1) is 22.2. The van der Waals surface area contributed by atoms with Crippen LogP contribution >= 0.6 is 0 Å². The Bertz CT molecular complexity index is 980. The Hall–Kier alpha value is -2.32. The molecule has 8 nitrogen and oxygen atoms in total. The average molecular weight is 466 g/mol. The van der Waals surface area contributed by atoms with Gasteiger partial charge in [0.25, 0.3) is 5.91 Å². The number of rotatable bonds is 5. The molecule has 5 atom stereocenters. The van der Waals surface area contributed by atoms with Crippen LogP contribution in [0, 0.1) is 5.41 Å². The van der Waals surface area contributed by atoms with Crippen LogP contribution < -0.4 is 0 Å². The summed E-state index contributed by atoms with van der Waals surface area (Å²) in [5.74, 6) is 2.37. The molecule has 8 heteroatoms. The van der Waals surface area contributed by atoms with E-state index in [0.29, 0.717) is 23.2 Å². The number of carbonyl (C=O) groups excluding carboxylic acids is 1. The number of tetrazole rings is 1. The van der Waals surface area contributed by atoms with Gasteiger partial charge in [-0.15, -0.1) is 10.2 Å². The molecule has 2 aliphatic heterocycles. The third-order valence-corrected chi connectivity index (χ3v) is 9.05. The van der Waals surface area contributed by atoms with Crippen LogP contribution in [0.15, 0.2) is 24.3 Å². The molecule has 4 fully saturated rings. The molecule has 1 aromatic carbocycles. The topological polar surface area (TPSA) is 93.2 Å². The molecular formula is C26H35N5O3. The molecule has 2 saturated carbocycles. The van der Waals surface area contributed by atoms with E-state index in [1.54, 1.807) is 0 Å². The number of benzene rings is 1. The highest BCUT2D eigenvalue weighted by molar-refractivity contribution is 5.81. The number of methoxy groups -OCH3 is 1. The highest BCUT2D eigenvalue weighted by atomic mass is 16.5. The summed E-state index contributed by atoms with van der Waals surface area (Å²) in [6, 6.07) is 9.33. The van der Waals surface area contributed by atoms with E-state index < -0.39 is 0 Å². The summed E-state index contributed by atoms with van der Waals surface area (Å²) in [4.78, 5) is 14.7.